The second kappa shape index (κ2) is 3.64. The van der Waals surface area contributed by atoms with Crippen molar-refractivity contribution < 1.29 is 0 Å². The van der Waals surface area contributed by atoms with Gasteiger partial charge in [-0.05, 0) is 30.3 Å². The molecule has 0 saturated heterocycles. The van der Waals surface area contributed by atoms with Crippen LogP contribution in [-0.4, -0.2) is 10.2 Å². The van der Waals surface area contributed by atoms with Gasteiger partial charge < -0.3 is 5.73 Å². The van der Waals surface area contributed by atoms with Gasteiger partial charge in [-0.15, -0.1) is 0 Å². The van der Waals surface area contributed by atoms with Gasteiger partial charge in [0.1, 0.15) is 0 Å². The van der Waals surface area contributed by atoms with E-state index in [-0.39, 0.29) is 0 Å². The normalized spacial score (nSPS) is 10.1. The van der Waals surface area contributed by atoms with Gasteiger partial charge in [0.15, 0.2) is 0 Å². The molecule has 0 atom stereocenters. The van der Waals surface area contributed by atoms with Gasteiger partial charge in [0.2, 0.25) is 0 Å². The summed E-state index contributed by atoms with van der Waals surface area (Å²) in [5, 5.41) is 8.34. The fourth-order valence-corrected chi connectivity index (χ4v) is 1.47. The Labute approximate surface area is 86.5 Å². The molecule has 0 aliphatic rings. The molecule has 0 amide bonds. The molecule has 2 rings (SSSR count). The lowest BCUT2D eigenvalue weighted by molar-refractivity contribution is 1.04. The van der Waals surface area contributed by atoms with E-state index in [4.69, 9.17) is 17.3 Å². The Hall–Kier alpha value is -1.61. The van der Waals surface area contributed by atoms with Crippen LogP contribution in [0.15, 0.2) is 36.5 Å². The molecule has 0 aliphatic heterocycles. The maximum Gasteiger partial charge on any atom is 0.0944 e. The topological polar surface area (TPSA) is 51.8 Å². The molecule has 3 nitrogen and oxygen atoms in total. The fourth-order valence-electron chi connectivity index (χ4n) is 1.18. The van der Waals surface area contributed by atoms with E-state index >= 15 is 0 Å². The minimum atomic E-state index is 0.588. The van der Waals surface area contributed by atoms with Crippen LogP contribution < -0.4 is 5.73 Å². The average Bonchev–Trinajstić information content (AvgIpc) is 2.19. The molecule has 14 heavy (non-hydrogen) atoms. The van der Waals surface area contributed by atoms with Gasteiger partial charge in [0.05, 0.1) is 10.7 Å². The molecule has 0 spiro atoms. The van der Waals surface area contributed by atoms with Crippen molar-refractivity contribution in [3.05, 3.63) is 41.6 Å². The minimum absolute atomic E-state index is 0.588. The van der Waals surface area contributed by atoms with Gasteiger partial charge in [-0.25, -0.2) is 0 Å². The highest BCUT2D eigenvalue weighted by molar-refractivity contribution is 6.33. The largest absolute Gasteiger partial charge is 0.399 e. The minimum Gasteiger partial charge on any atom is -0.399 e. The van der Waals surface area contributed by atoms with Crippen molar-refractivity contribution in [1.82, 2.24) is 10.2 Å². The zero-order valence-corrected chi connectivity index (χ0v) is 8.07. The lowest BCUT2D eigenvalue weighted by atomic mass is 10.1. The van der Waals surface area contributed by atoms with Crippen molar-refractivity contribution in [1.29, 1.82) is 0 Å². The number of hydrogen-bond donors (Lipinski definition) is 1. The van der Waals surface area contributed by atoms with Gasteiger partial charge >= 0.3 is 0 Å². The summed E-state index contributed by atoms with van der Waals surface area (Å²) in [5.41, 5.74) is 7.82. The van der Waals surface area contributed by atoms with Gasteiger partial charge in [0.25, 0.3) is 0 Å². The van der Waals surface area contributed by atoms with Crippen molar-refractivity contribution in [3.63, 3.8) is 0 Å². The maximum atomic E-state index is 6.02. The molecule has 0 saturated carbocycles. The highest BCUT2D eigenvalue weighted by Crippen LogP contribution is 2.27. The standard InChI is InChI=1S/C10H8ClN3/c11-9-6-7(12)3-4-8(9)10-2-1-5-13-14-10/h1-6H,12H2. The van der Waals surface area contributed by atoms with Crippen LogP contribution in [0.3, 0.4) is 0 Å². The second-order valence-corrected chi connectivity index (χ2v) is 3.26. The first-order valence-electron chi connectivity index (χ1n) is 4.10. The number of anilines is 1. The summed E-state index contributed by atoms with van der Waals surface area (Å²) >= 11 is 6.02. The Kier molecular flexibility index (Phi) is 2.33. The van der Waals surface area contributed by atoms with Crippen LogP contribution in [0.25, 0.3) is 11.3 Å². The first-order chi connectivity index (χ1) is 6.77. The third-order valence-electron chi connectivity index (χ3n) is 1.84. The summed E-state index contributed by atoms with van der Waals surface area (Å²) in [7, 11) is 0. The number of nitrogens with two attached hydrogens (primary N) is 1. The Balaban J connectivity index is 2.53. The lowest BCUT2D eigenvalue weighted by Gasteiger charge is -2.02. The number of nitrogen functional groups attached to an aromatic ring is 1. The molecule has 2 N–H and O–H groups in total. The van der Waals surface area contributed by atoms with Crippen LogP contribution in [0.1, 0.15) is 0 Å². The van der Waals surface area contributed by atoms with E-state index in [1.807, 2.05) is 18.2 Å². The summed E-state index contributed by atoms with van der Waals surface area (Å²) in [6.45, 7) is 0. The second-order valence-electron chi connectivity index (χ2n) is 2.85. The Morgan fingerprint density at radius 1 is 1.21 bits per heavy atom. The van der Waals surface area contributed by atoms with Crippen LogP contribution in [0, 0.1) is 0 Å². The SMILES string of the molecule is Nc1ccc(-c2cccnn2)c(Cl)c1. The molecule has 0 unspecified atom stereocenters. The maximum absolute atomic E-state index is 6.02. The van der Waals surface area contributed by atoms with Crippen molar-refractivity contribution in [2.75, 3.05) is 5.73 Å². The quantitative estimate of drug-likeness (QED) is 0.728. The summed E-state index contributed by atoms with van der Waals surface area (Å²) in [6, 6.07) is 8.99. The van der Waals surface area contributed by atoms with Gasteiger partial charge in [-0.3, -0.25) is 0 Å². The Bertz CT molecular complexity index is 442. The third kappa shape index (κ3) is 1.67. The van der Waals surface area contributed by atoms with Crippen LogP contribution in [0.5, 0.6) is 0 Å². The first-order valence-corrected chi connectivity index (χ1v) is 4.48. The molecule has 70 valence electrons. The zero-order valence-electron chi connectivity index (χ0n) is 7.31. The van der Waals surface area contributed by atoms with E-state index in [1.165, 1.54) is 0 Å². The van der Waals surface area contributed by atoms with Crippen molar-refractivity contribution in [2.24, 2.45) is 0 Å². The third-order valence-corrected chi connectivity index (χ3v) is 2.15. The number of hydrogen-bond acceptors (Lipinski definition) is 3. The lowest BCUT2D eigenvalue weighted by Crippen LogP contribution is -1.89. The van der Waals surface area contributed by atoms with Crippen molar-refractivity contribution in [2.45, 2.75) is 0 Å². The number of benzene rings is 1. The molecule has 0 aliphatic carbocycles. The van der Waals surface area contributed by atoms with Crippen LogP contribution in [0.2, 0.25) is 5.02 Å². The molecule has 4 heteroatoms. The van der Waals surface area contributed by atoms with E-state index in [2.05, 4.69) is 10.2 Å². The van der Waals surface area contributed by atoms with E-state index in [0.29, 0.717) is 10.7 Å². The summed E-state index contributed by atoms with van der Waals surface area (Å²) in [5.74, 6) is 0. The van der Waals surface area contributed by atoms with E-state index in [0.717, 1.165) is 11.3 Å². The number of aromatic nitrogens is 2. The highest BCUT2D eigenvalue weighted by atomic mass is 35.5. The van der Waals surface area contributed by atoms with Crippen LogP contribution in [0.4, 0.5) is 5.69 Å². The van der Waals surface area contributed by atoms with Crippen molar-refractivity contribution in [3.8, 4) is 11.3 Å². The Morgan fingerprint density at radius 3 is 2.71 bits per heavy atom. The molecule has 1 aromatic carbocycles. The molecule has 0 bridgehead atoms. The van der Waals surface area contributed by atoms with Gasteiger partial charge in [-0.1, -0.05) is 11.6 Å². The van der Waals surface area contributed by atoms with E-state index < -0.39 is 0 Å². The summed E-state index contributed by atoms with van der Waals surface area (Å²) in [6.07, 6.45) is 1.62. The van der Waals surface area contributed by atoms with E-state index in [9.17, 15) is 0 Å². The number of halogens is 1. The number of nitrogens with zero attached hydrogens (tertiary/aromatic N) is 2. The van der Waals surface area contributed by atoms with Crippen LogP contribution >= 0.6 is 11.6 Å². The number of rotatable bonds is 1. The predicted octanol–water partition coefficient (Wildman–Crippen LogP) is 2.38. The summed E-state index contributed by atoms with van der Waals surface area (Å²) in [4.78, 5) is 0. The average molecular weight is 206 g/mol. The monoisotopic (exact) mass is 205 g/mol. The van der Waals surface area contributed by atoms with Crippen molar-refractivity contribution >= 4 is 17.3 Å². The molecular weight excluding hydrogens is 198 g/mol. The van der Waals surface area contributed by atoms with Gasteiger partial charge in [0, 0.05) is 17.4 Å². The molecular formula is C10H8ClN3. The van der Waals surface area contributed by atoms with Crippen LogP contribution in [-0.2, 0) is 0 Å². The smallest absolute Gasteiger partial charge is 0.0944 e. The highest BCUT2D eigenvalue weighted by Gasteiger charge is 2.04. The predicted molar refractivity (Wildman–Crippen MR) is 56.9 cm³/mol. The Morgan fingerprint density at radius 2 is 2.07 bits per heavy atom. The fraction of sp³-hybridized carbons (Fsp3) is 0. The van der Waals surface area contributed by atoms with Gasteiger partial charge in [-0.2, -0.15) is 10.2 Å². The molecule has 1 heterocycles. The van der Waals surface area contributed by atoms with E-state index in [1.54, 1.807) is 18.3 Å². The first kappa shape index (κ1) is 8.97. The molecule has 0 fully saturated rings. The molecule has 1 aromatic heterocycles. The molecule has 2 aromatic rings. The zero-order chi connectivity index (χ0) is 9.97. The molecule has 0 radical (unpaired) electrons. The summed E-state index contributed by atoms with van der Waals surface area (Å²) < 4.78 is 0.